The molecule has 260 valence electrons. The van der Waals surface area contributed by atoms with E-state index in [-0.39, 0.29) is 0 Å². The minimum absolute atomic E-state index is 1.10. The van der Waals surface area contributed by atoms with Crippen LogP contribution >= 0.6 is 0 Å². The zero-order chi connectivity index (χ0) is 36.8. The van der Waals surface area contributed by atoms with Gasteiger partial charge in [0.15, 0.2) is 0 Å². The second kappa shape index (κ2) is 15.4. The molecular weight excluding hydrogens is 663 g/mol. The van der Waals surface area contributed by atoms with Gasteiger partial charge in [-0.15, -0.1) is 0 Å². The molecule has 0 aliphatic heterocycles. The average Bonchev–Trinajstić information content (AvgIpc) is 3.28. The quantitative estimate of drug-likeness (QED) is 0.145. The van der Waals surface area contributed by atoms with Crippen molar-refractivity contribution in [2.75, 3.05) is 4.90 Å². The molecule has 9 rings (SSSR count). The van der Waals surface area contributed by atoms with Gasteiger partial charge in [-0.25, -0.2) is 0 Å². The summed E-state index contributed by atoms with van der Waals surface area (Å²) in [5, 5.41) is 0. The van der Waals surface area contributed by atoms with Crippen LogP contribution < -0.4 is 4.90 Å². The Labute approximate surface area is 324 Å². The summed E-state index contributed by atoms with van der Waals surface area (Å²) in [7, 11) is 0. The van der Waals surface area contributed by atoms with Gasteiger partial charge in [0, 0.05) is 17.1 Å². The van der Waals surface area contributed by atoms with E-state index in [1.54, 1.807) is 0 Å². The normalized spacial score (nSPS) is 10.9. The summed E-state index contributed by atoms with van der Waals surface area (Å²) < 4.78 is 0. The molecule has 0 heterocycles. The van der Waals surface area contributed by atoms with Crippen LogP contribution in [0.4, 0.5) is 17.1 Å². The van der Waals surface area contributed by atoms with Gasteiger partial charge >= 0.3 is 0 Å². The Morgan fingerprint density at radius 2 is 0.436 bits per heavy atom. The molecule has 0 amide bonds. The summed E-state index contributed by atoms with van der Waals surface area (Å²) >= 11 is 0. The molecule has 0 aliphatic rings. The van der Waals surface area contributed by atoms with E-state index >= 15 is 0 Å². The molecule has 0 aromatic heterocycles. The van der Waals surface area contributed by atoms with E-state index in [0.717, 1.165) is 17.1 Å². The third-order valence-corrected chi connectivity index (χ3v) is 10.3. The number of hydrogen-bond acceptors (Lipinski definition) is 1. The van der Waals surface area contributed by atoms with Gasteiger partial charge in [-0.05, 0) is 109 Å². The molecule has 0 atom stereocenters. The molecule has 0 radical (unpaired) electrons. The minimum Gasteiger partial charge on any atom is -0.311 e. The third-order valence-electron chi connectivity index (χ3n) is 10.3. The maximum atomic E-state index is 2.34. The van der Waals surface area contributed by atoms with Crippen LogP contribution in [0.2, 0.25) is 0 Å². The van der Waals surface area contributed by atoms with Crippen LogP contribution in [0.15, 0.2) is 237 Å². The first-order valence-corrected chi connectivity index (χ1v) is 18.8. The molecule has 0 spiro atoms. The lowest BCUT2D eigenvalue weighted by atomic mass is 9.91. The van der Waals surface area contributed by atoms with Gasteiger partial charge in [0.05, 0.1) is 0 Å². The molecule has 0 bridgehead atoms. The maximum absolute atomic E-state index is 2.34. The van der Waals surface area contributed by atoms with Gasteiger partial charge in [-0.3, -0.25) is 0 Å². The van der Waals surface area contributed by atoms with Gasteiger partial charge in [0.25, 0.3) is 0 Å². The summed E-state index contributed by atoms with van der Waals surface area (Å²) in [5.41, 5.74) is 17.8. The van der Waals surface area contributed by atoms with E-state index < -0.39 is 0 Å². The predicted molar refractivity (Wildman–Crippen MR) is 234 cm³/mol. The predicted octanol–water partition coefficient (Wildman–Crippen LogP) is 15.2. The summed E-state index contributed by atoms with van der Waals surface area (Å²) in [6, 6.07) is 84.9. The highest BCUT2D eigenvalue weighted by Gasteiger charge is 2.15. The molecule has 9 aromatic rings. The Kier molecular flexibility index (Phi) is 9.41. The van der Waals surface area contributed by atoms with Gasteiger partial charge < -0.3 is 4.90 Å². The molecule has 1 nitrogen and oxygen atoms in total. The summed E-state index contributed by atoms with van der Waals surface area (Å²) in [6.07, 6.45) is 0. The zero-order valence-corrected chi connectivity index (χ0v) is 30.5. The van der Waals surface area contributed by atoms with Crippen LogP contribution in [-0.2, 0) is 0 Å². The van der Waals surface area contributed by atoms with Crippen molar-refractivity contribution in [3.05, 3.63) is 237 Å². The Bertz CT molecular complexity index is 2610. The van der Waals surface area contributed by atoms with Gasteiger partial charge in [0.2, 0.25) is 0 Å². The number of anilines is 3. The van der Waals surface area contributed by atoms with Gasteiger partial charge in [-0.1, -0.05) is 194 Å². The monoisotopic (exact) mass is 701 g/mol. The fourth-order valence-corrected chi connectivity index (χ4v) is 7.42. The lowest BCUT2D eigenvalue weighted by Crippen LogP contribution is -2.09. The molecule has 0 saturated heterocycles. The van der Waals surface area contributed by atoms with E-state index in [9.17, 15) is 0 Å². The van der Waals surface area contributed by atoms with Crippen molar-refractivity contribution < 1.29 is 0 Å². The van der Waals surface area contributed by atoms with Crippen molar-refractivity contribution in [2.45, 2.75) is 0 Å². The van der Waals surface area contributed by atoms with Crippen LogP contribution in [0.25, 0.3) is 66.8 Å². The first-order chi connectivity index (χ1) is 27.3. The van der Waals surface area contributed by atoms with Crippen molar-refractivity contribution in [1.82, 2.24) is 0 Å². The standard InChI is InChI=1S/C54H39N/c1-5-13-40(14-6-1)42-21-23-43(24-22-42)45-27-34-51(35-28-45)55(50-32-25-44(26-33-50)41-15-7-2-8-16-41)52-36-29-46(30-37-52)49-31-38-53(47-17-9-3-10-18-47)54(39-49)48-19-11-4-12-20-48/h1-39H. The first kappa shape index (κ1) is 33.6. The fourth-order valence-electron chi connectivity index (χ4n) is 7.42. The molecule has 0 fully saturated rings. The van der Waals surface area contributed by atoms with Gasteiger partial charge in [-0.2, -0.15) is 0 Å². The van der Waals surface area contributed by atoms with E-state index in [4.69, 9.17) is 0 Å². The number of rotatable bonds is 9. The van der Waals surface area contributed by atoms with Gasteiger partial charge in [0.1, 0.15) is 0 Å². The molecule has 0 aliphatic carbocycles. The fraction of sp³-hybridized carbons (Fsp3) is 0. The van der Waals surface area contributed by atoms with Crippen molar-refractivity contribution >= 4 is 17.1 Å². The Hall–Kier alpha value is -7.22. The third kappa shape index (κ3) is 7.25. The second-order valence-corrected chi connectivity index (χ2v) is 13.8. The Balaban J connectivity index is 1.06. The SMILES string of the molecule is c1ccc(-c2ccc(-c3ccc(N(c4ccc(-c5ccccc5)cc4)c4ccc(-c5ccc(-c6ccccc6)c(-c6ccccc6)c5)cc4)cc3)cc2)cc1. The number of hydrogen-bond donors (Lipinski definition) is 0. The maximum Gasteiger partial charge on any atom is 0.0462 e. The van der Waals surface area contributed by atoms with E-state index in [1.165, 1.54) is 66.8 Å². The van der Waals surface area contributed by atoms with Crippen LogP contribution in [0.5, 0.6) is 0 Å². The number of nitrogens with zero attached hydrogens (tertiary/aromatic N) is 1. The summed E-state index contributed by atoms with van der Waals surface area (Å²) in [5.74, 6) is 0. The number of benzene rings is 9. The highest BCUT2D eigenvalue weighted by molar-refractivity contribution is 5.88. The summed E-state index contributed by atoms with van der Waals surface area (Å²) in [6.45, 7) is 0. The molecule has 0 N–H and O–H groups in total. The van der Waals surface area contributed by atoms with Crippen molar-refractivity contribution in [2.24, 2.45) is 0 Å². The minimum atomic E-state index is 1.10. The Morgan fingerprint density at radius 1 is 0.182 bits per heavy atom. The highest BCUT2D eigenvalue weighted by atomic mass is 15.1. The van der Waals surface area contributed by atoms with Crippen LogP contribution in [0.1, 0.15) is 0 Å². The topological polar surface area (TPSA) is 3.24 Å². The van der Waals surface area contributed by atoms with E-state index in [1.807, 2.05) is 0 Å². The smallest absolute Gasteiger partial charge is 0.0462 e. The lowest BCUT2D eigenvalue weighted by molar-refractivity contribution is 1.28. The molecule has 1 heteroatoms. The largest absolute Gasteiger partial charge is 0.311 e. The highest BCUT2D eigenvalue weighted by Crippen LogP contribution is 2.40. The van der Waals surface area contributed by atoms with Crippen molar-refractivity contribution in [3.8, 4) is 66.8 Å². The second-order valence-electron chi connectivity index (χ2n) is 13.8. The molecular formula is C54H39N. The van der Waals surface area contributed by atoms with E-state index in [0.29, 0.717) is 0 Å². The summed E-state index contributed by atoms with van der Waals surface area (Å²) in [4.78, 5) is 2.34. The molecule has 9 aromatic carbocycles. The molecule has 0 unspecified atom stereocenters. The van der Waals surface area contributed by atoms with E-state index in [2.05, 4.69) is 241 Å². The lowest BCUT2D eigenvalue weighted by Gasteiger charge is -2.26. The zero-order valence-electron chi connectivity index (χ0n) is 30.5. The first-order valence-electron chi connectivity index (χ1n) is 18.8. The van der Waals surface area contributed by atoms with Crippen molar-refractivity contribution in [1.29, 1.82) is 0 Å². The average molecular weight is 702 g/mol. The molecule has 0 saturated carbocycles. The molecule has 55 heavy (non-hydrogen) atoms. The van der Waals surface area contributed by atoms with Crippen molar-refractivity contribution in [3.63, 3.8) is 0 Å². The van der Waals surface area contributed by atoms with Crippen LogP contribution in [0.3, 0.4) is 0 Å². The van der Waals surface area contributed by atoms with Crippen LogP contribution in [0, 0.1) is 0 Å². The Morgan fingerprint density at radius 3 is 0.800 bits per heavy atom. The van der Waals surface area contributed by atoms with Crippen LogP contribution in [-0.4, -0.2) is 0 Å².